The lowest BCUT2D eigenvalue weighted by molar-refractivity contribution is -0.143. The molecule has 6 heteroatoms. The minimum absolute atomic E-state index is 0.0969. The molecule has 3 rings (SSSR count). The van der Waals surface area contributed by atoms with Crippen LogP contribution in [0.15, 0.2) is 59.3 Å². The van der Waals surface area contributed by atoms with E-state index in [4.69, 9.17) is 4.74 Å². The van der Waals surface area contributed by atoms with Crippen molar-refractivity contribution >= 4 is 22.6 Å². The molecule has 0 radical (unpaired) electrons. The van der Waals surface area contributed by atoms with Crippen molar-refractivity contribution < 1.29 is 18.8 Å². The summed E-state index contributed by atoms with van der Waals surface area (Å²) in [7, 11) is 1.28. The van der Waals surface area contributed by atoms with Gasteiger partial charge in [-0.1, -0.05) is 41.6 Å². The van der Waals surface area contributed by atoms with E-state index in [0.29, 0.717) is 5.56 Å². The highest BCUT2D eigenvalue weighted by atomic mass is 16.5. The van der Waals surface area contributed by atoms with Crippen molar-refractivity contribution in [2.45, 2.75) is 6.04 Å². The molecule has 0 aliphatic heterocycles. The quantitative estimate of drug-likeness (QED) is 0.749. The number of carbonyl (C=O) groups excluding carboxylic acids is 2. The second-order valence-corrected chi connectivity index (χ2v) is 4.92. The number of nitrogens with zero attached hydrogens (tertiary/aromatic N) is 1. The third-order valence-corrected chi connectivity index (χ3v) is 3.49. The van der Waals surface area contributed by atoms with Gasteiger partial charge in [0.1, 0.15) is 6.26 Å². The fourth-order valence-corrected chi connectivity index (χ4v) is 2.32. The van der Waals surface area contributed by atoms with Crippen molar-refractivity contribution in [3.63, 3.8) is 0 Å². The molecule has 0 unspecified atom stereocenters. The normalized spacial score (nSPS) is 11.9. The minimum atomic E-state index is -0.922. The van der Waals surface area contributed by atoms with Crippen molar-refractivity contribution in [2.24, 2.45) is 0 Å². The fourth-order valence-electron chi connectivity index (χ4n) is 2.32. The maximum atomic E-state index is 12.1. The summed E-state index contributed by atoms with van der Waals surface area (Å²) < 4.78 is 9.44. The number of ether oxygens (including phenoxy) is 1. The Morgan fingerprint density at radius 3 is 2.61 bits per heavy atom. The van der Waals surface area contributed by atoms with Gasteiger partial charge in [-0.05, 0) is 22.4 Å². The summed E-state index contributed by atoms with van der Waals surface area (Å²) in [6.07, 6.45) is 1.29. The summed E-state index contributed by atoms with van der Waals surface area (Å²) in [5.74, 6) is -1.07. The summed E-state index contributed by atoms with van der Waals surface area (Å²) >= 11 is 0. The van der Waals surface area contributed by atoms with Crippen LogP contribution in [0.1, 0.15) is 22.1 Å². The van der Waals surface area contributed by atoms with Gasteiger partial charge in [-0.3, -0.25) is 4.79 Å². The average Bonchev–Trinajstić information content (AvgIpc) is 3.13. The number of hydrogen-bond donors (Lipinski definition) is 1. The van der Waals surface area contributed by atoms with Gasteiger partial charge in [-0.2, -0.15) is 0 Å². The zero-order valence-corrected chi connectivity index (χ0v) is 12.4. The van der Waals surface area contributed by atoms with Gasteiger partial charge in [0, 0.05) is 6.07 Å². The first kappa shape index (κ1) is 14.8. The summed E-state index contributed by atoms with van der Waals surface area (Å²) in [6, 6.07) is 13.8. The molecule has 0 fully saturated rings. The third kappa shape index (κ3) is 3.06. The zero-order valence-electron chi connectivity index (χ0n) is 12.4. The molecule has 1 N–H and O–H groups in total. The predicted molar refractivity (Wildman–Crippen MR) is 82.7 cm³/mol. The lowest BCUT2D eigenvalue weighted by atomic mass is 10.0. The van der Waals surface area contributed by atoms with Crippen LogP contribution in [0.25, 0.3) is 10.8 Å². The Labute approximate surface area is 132 Å². The van der Waals surface area contributed by atoms with Gasteiger partial charge in [-0.15, -0.1) is 0 Å². The van der Waals surface area contributed by atoms with E-state index in [1.54, 1.807) is 6.07 Å². The van der Waals surface area contributed by atoms with Gasteiger partial charge in [-0.25, -0.2) is 4.79 Å². The number of fused-ring (bicyclic) bond motifs is 1. The third-order valence-electron chi connectivity index (χ3n) is 3.49. The first-order valence-electron chi connectivity index (χ1n) is 6.97. The van der Waals surface area contributed by atoms with E-state index < -0.39 is 17.9 Å². The highest BCUT2D eigenvalue weighted by Crippen LogP contribution is 2.21. The maximum absolute atomic E-state index is 12.1. The second kappa shape index (κ2) is 6.31. The number of methoxy groups -OCH3 is 1. The molecular weight excluding hydrogens is 296 g/mol. The van der Waals surface area contributed by atoms with Crippen LogP contribution in [0.5, 0.6) is 0 Å². The standard InChI is InChI=1S/C17H14N2O4/c1-22-17(21)15(18-16(20)14-8-9-23-19-14)13-7-6-11-4-2-3-5-12(11)10-13/h2-10,15H,1H3,(H,18,20)/t15-/m1/s1. The smallest absolute Gasteiger partial charge is 0.333 e. The molecule has 1 atom stereocenters. The average molecular weight is 310 g/mol. The first-order valence-corrected chi connectivity index (χ1v) is 6.97. The predicted octanol–water partition coefficient (Wildman–Crippen LogP) is 2.47. The lowest BCUT2D eigenvalue weighted by Gasteiger charge is -2.16. The Kier molecular flexibility index (Phi) is 4.05. The maximum Gasteiger partial charge on any atom is 0.333 e. The molecule has 0 bridgehead atoms. The molecule has 1 amide bonds. The highest BCUT2D eigenvalue weighted by molar-refractivity contribution is 5.95. The van der Waals surface area contributed by atoms with Crippen LogP contribution in [0, 0.1) is 0 Å². The van der Waals surface area contributed by atoms with E-state index in [2.05, 4.69) is 15.0 Å². The minimum Gasteiger partial charge on any atom is -0.467 e. The number of rotatable bonds is 4. The van der Waals surface area contributed by atoms with Gasteiger partial charge in [0.05, 0.1) is 7.11 Å². The lowest BCUT2D eigenvalue weighted by Crippen LogP contribution is -2.34. The van der Waals surface area contributed by atoms with Crippen LogP contribution >= 0.6 is 0 Å². The van der Waals surface area contributed by atoms with Crippen LogP contribution in [-0.4, -0.2) is 24.1 Å². The van der Waals surface area contributed by atoms with E-state index >= 15 is 0 Å². The van der Waals surface area contributed by atoms with E-state index in [0.717, 1.165) is 10.8 Å². The number of carbonyl (C=O) groups is 2. The number of amides is 1. The van der Waals surface area contributed by atoms with Gasteiger partial charge in [0.15, 0.2) is 11.7 Å². The van der Waals surface area contributed by atoms with E-state index in [9.17, 15) is 9.59 Å². The Morgan fingerprint density at radius 2 is 1.91 bits per heavy atom. The van der Waals surface area contributed by atoms with Crippen molar-refractivity contribution in [3.8, 4) is 0 Å². The SMILES string of the molecule is COC(=O)[C@H](NC(=O)c1ccon1)c1ccc2ccccc2c1. The van der Waals surface area contributed by atoms with Crippen molar-refractivity contribution in [3.05, 3.63) is 66.1 Å². The van der Waals surface area contributed by atoms with Crippen molar-refractivity contribution in [1.82, 2.24) is 10.5 Å². The second-order valence-electron chi connectivity index (χ2n) is 4.92. The number of aromatic nitrogens is 1. The molecule has 2 aromatic carbocycles. The van der Waals surface area contributed by atoms with E-state index in [1.165, 1.54) is 19.4 Å². The highest BCUT2D eigenvalue weighted by Gasteiger charge is 2.25. The molecule has 0 saturated carbocycles. The molecule has 3 aromatic rings. The molecule has 0 spiro atoms. The molecule has 6 nitrogen and oxygen atoms in total. The van der Waals surface area contributed by atoms with E-state index in [-0.39, 0.29) is 5.69 Å². The van der Waals surface area contributed by atoms with Gasteiger partial charge >= 0.3 is 5.97 Å². The molecule has 0 saturated heterocycles. The number of nitrogens with one attached hydrogen (secondary N) is 1. The largest absolute Gasteiger partial charge is 0.467 e. The molecule has 116 valence electrons. The van der Waals surface area contributed by atoms with Gasteiger partial charge in [0.25, 0.3) is 5.91 Å². The Bertz CT molecular complexity index is 843. The molecular formula is C17H14N2O4. The van der Waals surface area contributed by atoms with Crippen molar-refractivity contribution in [2.75, 3.05) is 7.11 Å². The first-order chi connectivity index (χ1) is 11.2. The van der Waals surface area contributed by atoms with Gasteiger partial charge < -0.3 is 14.6 Å². The van der Waals surface area contributed by atoms with Crippen molar-refractivity contribution in [1.29, 1.82) is 0 Å². The van der Waals surface area contributed by atoms with Crippen LogP contribution in [0.3, 0.4) is 0 Å². The summed E-state index contributed by atoms with van der Waals surface area (Å²) in [5, 5.41) is 8.19. The summed E-state index contributed by atoms with van der Waals surface area (Å²) in [4.78, 5) is 24.2. The number of benzene rings is 2. The monoisotopic (exact) mass is 310 g/mol. The number of hydrogen-bond acceptors (Lipinski definition) is 5. The molecule has 0 aliphatic rings. The topological polar surface area (TPSA) is 81.4 Å². The van der Waals surface area contributed by atoms with Crippen LogP contribution in [0.4, 0.5) is 0 Å². The zero-order chi connectivity index (χ0) is 16.2. The van der Waals surface area contributed by atoms with E-state index in [1.807, 2.05) is 36.4 Å². The van der Waals surface area contributed by atoms with Crippen LogP contribution < -0.4 is 5.32 Å². The van der Waals surface area contributed by atoms with Crippen LogP contribution in [0.2, 0.25) is 0 Å². The number of esters is 1. The molecule has 1 aromatic heterocycles. The van der Waals surface area contributed by atoms with Gasteiger partial charge in [0.2, 0.25) is 0 Å². The Morgan fingerprint density at radius 1 is 1.13 bits per heavy atom. The molecule has 0 aliphatic carbocycles. The Hall–Kier alpha value is -3.15. The summed E-state index contributed by atoms with van der Waals surface area (Å²) in [6.45, 7) is 0. The molecule has 23 heavy (non-hydrogen) atoms. The van der Waals surface area contributed by atoms with Crippen LogP contribution in [-0.2, 0) is 9.53 Å². The Balaban J connectivity index is 1.94. The molecule has 1 heterocycles. The fraction of sp³-hybridized carbons (Fsp3) is 0.118. The summed E-state index contributed by atoms with van der Waals surface area (Å²) in [5.41, 5.74) is 0.729.